The molecule has 0 spiro atoms. The highest BCUT2D eigenvalue weighted by molar-refractivity contribution is 7.90. The van der Waals surface area contributed by atoms with Crippen LogP contribution in [0.25, 0.3) is 0 Å². The second-order valence-corrected chi connectivity index (χ2v) is 13.0. The maximum absolute atomic E-state index is 12.7. The molecule has 0 aliphatic carbocycles. The molecular weight excluding hydrogens is 518 g/mol. The molecule has 1 atom stereocenters. The van der Waals surface area contributed by atoms with Crippen LogP contribution >= 0.6 is 11.3 Å². The van der Waals surface area contributed by atoms with Crippen molar-refractivity contribution >= 4 is 27.0 Å². The van der Waals surface area contributed by atoms with Gasteiger partial charge in [-0.25, -0.2) is 13.4 Å². The summed E-state index contributed by atoms with van der Waals surface area (Å²) in [6.07, 6.45) is 1.61. The number of alkyl halides is 2. The van der Waals surface area contributed by atoms with Gasteiger partial charge in [0, 0.05) is 30.6 Å². The Bertz CT molecular complexity index is 1390. The molecule has 198 valence electrons. The number of hydrogen-bond donors (Lipinski definition) is 0. The van der Waals surface area contributed by atoms with Crippen molar-refractivity contribution < 1.29 is 26.7 Å². The van der Waals surface area contributed by atoms with E-state index in [1.54, 1.807) is 35.6 Å². The van der Waals surface area contributed by atoms with Crippen LogP contribution in [0, 0.1) is 12.8 Å². The topological polar surface area (TPSA) is 76.6 Å². The highest BCUT2D eigenvalue weighted by Gasteiger charge is 2.36. The minimum absolute atomic E-state index is 0.0270. The lowest BCUT2D eigenvalue weighted by Gasteiger charge is -2.28. The first-order chi connectivity index (χ1) is 17.4. The summed E-state index contributed by atoms with van der Waals surface area (Å²) in [5.41, 5.74) is 3.71. The quantitative estimate of drug-likeness (QED) is 0.332. The average molecular weight is 549 g/mol. The van der Waals surface area contributed by atoms with Crippen LogP contribution in [0.15, 0.2) is 47.4 Å². The van der Waals surface area contributed by atoms with Gasteiger partial charge in [-0.3, -0.25) is 9.69 Å². The van der Waals surface area contributed by atoms with Crippen LogP contribution in [0.3, 0.4) is 0 Å². The summed E-state index contributed by atoms with van der Waals surface area (Å²) in [6, 6.07) is 11.5. The van der Waals surface area contributed by atoms with E-state index in [4.69, 9.17) is 4.98 Å². The lowest BCUT2D eigenvalue weighted by atomic mass is 10.0. The molecule has 37 heavy (non-hydrogen) atoms. The number of benzene rings is 2. The molecule has 0 unspecified atom stereocenters. The zero-order valence-electron chi connectivity index (χ0n) is 21.2. The zero-order valence-corrected chi connectivity index (χ0v) is 22.8. The summed E-state index contributed by atoms with van der Waals surface area (Å²) in [6.45, 7) is 4.70. The van der Waals surface area contributed by atoms with Gasteiger partial charge in [-0.15, -0.1) is 11.3 Å². The number of halogens is 2. The number of rotatable bonds is 10. The summed E-state index contributed by atoms with van der Waals surface area (Å²) in [4.78, 5) is 21.3. The van der Waals surface area contributed by atoms with Crippen molar-refractivity contribution in [2.45, 2.75) is 64.3 Å². The van der Waals surface area contributed by atoms with E-state index >= 15 is 0 Å². The Balaban J connectivity index is 1.42. The fourth-order valence-electron chi connectivity index (χ4n) is 4.74. The molecule has 2 heterocycles. The highest BCUT2D eigenvalue weighted by atomic mass is 32.2. The van der Waals surface area contributed by atoms with Gasteiger partial charge in [-0.2, -0.15) is 8.78 Å². The highest BCUT2D eigenvalue weighted by Crippen LogP contribution is 2.42. The zero-order chi connectivity index (χ0) is 26.9. The number of ether oxygens (including phenoxy) is 1. The summed E-state index contributed by atoms with van der Waals surface area (Å²) < 4.78 is 52.8. The van der Waals surface area contributed by atoms with Crippen molar-refractivity contribution in [3.63, 3.8) is 0 Å². The number of thiazole rings is 1. The number of carbonyl (C=O) groups excluding carboxylic acids is 1. The lowest BCUT2D eigenvalue weighted by Crippen LogP contribution is -2.26. The fourth-order valence-corrected chi connectivity index (χ4v) is 6.53. The van der Waals surface area contributed by atoms with E-state index < -0.39 is 16.4 Å². The molecule has 6 nitrogen and oxygen atoms in total. The van der Waals surface area contributed by atoms with E-state index in [9.17, 15) is 22.0 Å². The van der Waals surface area contributed by atoms with E-state index in [1.807, 2.05) is 13.0 Å². The van der Waals surface area contributed by atoms with E-state index in [0.717, 1.165) is 38.5 Å². The molecule has 4 rings (SSSR count). The van der Waals surface area contributed by atoms with E-state index in [2.05, 4.69) is 23.5 Å². The first kappa shape index (κ1) is 27.3. The van der Waals surface area contributed by atoms with Crippen molar-refractivity contribution in [2.75, 3.05) is 6.26 Å². The number of fused-ring (bicyclic) bond motifs is 1. The number of aryl methyl sites for hydroxylation is 1. The molecule has 1 aliphatic heterocycles. The molecule has 0 saturated carbocycles. The van der Waals surface area contributed by atoms with E-state index in [1.165, 1.54) is 12.1 Å². The molecule has 10 heteroatoms. The molecule has 1 aliphatic rings. The summed E-state index contributed by atoms with van der Waals surface area (Å²) in [7, 11) is -3.27. The van der Waals surface area contributed by atoms with Gasteiger partial charge in [-0.05, 0) is 53.8 Å². The van der Waals surface area contributed by atoms with Crippen molar-refractivity contribution in [1.82, 2.24) is 9.88 Å². The van der Waals surface area contributed by atoms with Crippen LogP contribution in [0.5, 0.6) is 5.75 Å². The summed E-state index contributed by atoms with van der Waals surface area (Å²) in [5.74, 6) is 0.473. The van der Waals surface area contributed by atoms with Crippen LogP contribution < -0.4 is 4.74 Å². The fraction of sp³-hybridized carbons (Fsp3) is 0.407. The molecule has 0 N–H and O–H groups in total. The summed E-state index contributed by atoms with van der Waals surface area (Å²) in [5, 5.41) is 0.790. The largest absolute Gasteiger partial charge is 0.435 e. The van der Waals surface area contributed by atoms with E-state index in [-0.39, 0.29) is 35.3 Å². The van der Waals surface area contributed by atoms with Gasteiger partial charge >= 0.3 is 6.61 Å². The molecule has 0 amide bonds. The predicted molar refractivity (Wildman–Crippen MR) is 139 cm³/mol. The molecule has 0 saturated heterocycles. The number of nitrogens with zero attached hydrogens (tertiary/aromatic N) is 2. The van der Waals surface area contributed by atoms with Crippen LogP contribution in [0.2, 0.25) is 0 Å². The Hall–Kier alpha value is -2.69. The number of carbonyl (C=O) groups is 1. The maximum atomic E-state index is 12.7. The number of Topliss-reactive ketones (excluding diaryl/α,β-unsaturated/α-hetero) is 1. The molecule has 3 aromatic rings. The van der Waals surface area contributed by atoms with Crippen LogP contribution in [0.1, 0.15) is 52.2 Å². The number of aromatic nitrogens is 1. The van der Waals surface area contributed by atoms with Crippen LogP contribution in [-0.2, 0) is 40.6 Å². The third-order valence-corrected chi connectivity index (χ3v) is 8.62. The predicted octanol–water partition coefficient (Wildman–Crippen LogP) is 5.52. The molecule has 0 fully saturated rings. The molecule has 0 radical (unpaired) electrons. The molecule has 1 aromatic heterocycles. The first-order valence-corrected chi connectivity index (χ1v) is 14.7. The van der Waals surface area contributed by atoms with Crippen LogP contribution in [0.4, 0.5) is 8.78 Å². The second kappa shape index (κ2) is 11.0. The normalized spacial score (nSPS) is 15.9. The lowest BCUT2D eigenvalue weighted by molar-refractivity contribution is -0.117. The van der Waals surface area contributed by atoms with Crippen molar-refractivity contribution in [2.24, 2.45) is 5.92 Å². The van der Waals surface area contributed by atoms with E-state index in [0.29, 0.717) is 19.0 Å². The number of sulfone groups is 1. The Morgan fingerprint density at radius 2 is 1.86 bits per heavy atom. The Kier molecular flexibility index (Phi) is 8.11. The molecule has 0 bridgehead atoms. The third-order valence-electron chi connectivity index (χ3n) is 6.44. The van der Waals surface area contributed by atoms with Crippen molar-refractivity contribution in [3.8, 4) is 5.75 Å². The Morgan fingerprint density at radius 3 is 2.46 bits per heavy atom. The Labute approximate surface area is 220 Å². The number of hydrogen-bond acceptors (Lipinski definition) is 7. The van der Waals surface area contributed by atoms with Crippen molar-refractivity contribution in [1.29, 1.82) is 0 Å². The monoisotopic (exact) mass is 548 g/mol. The van der Waals surface area contributed by atoms with Gasteiger partial charge < -0.3 is 4.74 Å². The standard InChI is InChI=1S/C27H30F2N2O4S2/c1-16(2)26-25-23(15-31(26)14-19-7-8-21(11-17(19)3)35-27(28)29)36-24(30-25)13-20(32)12-18-5-9-22(10-6-18)37(4,33)34/h5-11,16,26-27H,12-15H2,1-4H3/t26-/m1/s1. The minimum Gasteiger partial charge on any atom is -0.435 e. The third kappa shape index (κ3) is 6.61. The van der Waals surface area contributed by atoms with Crippen molar-refractivity contribution in [3.05, 3.63) is 74.7 Å². The van der Waals surface area contributed by atoms with Gasteiger partial charge in [0.05, 0.1) is 23.1 Å². The van der Waals surface area contributed by atoms with Gasteiger partial charge in [0.2, 0.25) is 0 Å². The SMILES string of the molecule is Cc1cc(OC(F)F)ccc1CN1Cc2sc(CC(=O)Cc3ccc(S(C)(=O)=O)cc3)nc2[C@H]1C(C)C. The molecule has 2 aromatic carbocycles. The summed E-state index contributed by atoms with van der Waals surface area (Å²) >= 11 is 1.56. The second-order valence-electron chi connectivity index (χ2n) is 9.78. The van der Waals surface area contributed by atoms with Gasteiger partial charge in [0.1, 0.15) is 16.5 Å². The first-order valence-electron chi connectivity index (χ1n) is 12.0. The molecular formula is C27H30F2N2O4S2. The Morgan fingerprint density at radius 1 is 1.16 bits per heavy atom. The minimum atomic E-state index is -3.27. The maximum Gasteiger partial charge on any atom is 0.387 e. The van der Waals surface area contributed by atoms with Gasteiger partial charge in [-0.1, -0.05) is 32.0 Å². The average Bonchev–Trinajstić information content (AvgIpc) is 3.31. The van der Waals surface area contributed by atoms with Gasteiger partial charge in [0.15, 0.2) is 9.84 Å². The van der Waals surface area contributed by atoms with Gasteiger partial charge in [0.25, 0.3) is 0 Å². The smallest absolute Gasteiger partial charge is 0.387 e. The van der Waals surface area contributed by atoms with Crippen LogP contribution in [-0.4, -0.2) is 37.0 Å². The number of ketones is 1.